The molecule has 206 valence electrons. The van der Waals surface area contributed by atoms with Gasteiger partial charge in [0, 0.05) is 34.1 Å². The van der Waals surface area contributed by atoms with Gasteiger partial charge in [0.15, 0.2) is 0 Å². The molecule has 2 nitrogen and oxygen atoms in total. The van der Waals surface area contributed by atoms with Crippen molar-refractivity contribution in [1.82, 2.24) is 0 Å². The quantitative estimate of drug-likeness (QED) is 0.205. The third-order valence-electron chi connectivity index (χ3n) is 9.88. The highest BCUT2D eigenvalue weighted by Gasteiger charge is 2.43. The summed E-state index contributed by atoms with van der Waals surface area (Å²) >= 11 is 0. The molecule has 0 saturated heterocycles. The summed E-state index contributed by atoms with van der Waals surface area (Å²) in [5.41, 5.74) is 17.4. The van der Waals surface area contributed by atoms with Crippen molar-refractivity contribution in [1.29, 1.82) is 0 Å². The fraction of sp³-hybridized carbons (Fsp3) is 0.231. The normalized spacial score (nSPS) is 15.7. The van der Waals surface area contributed by atoms with E-state index in [1.165, 1.54) is 105 Å². The minimum Gasteiger partial charge on any atom is -0.311 e. The number of fused-ring (bicyclic) bond motifs is 4. The van der Waals surface area contributed by atoms with Crippen LogP contribution in [0.3, 0.4) is 0 Å². The maximum Gasteiger partial charge on any atom is 0.252 e. The van der Waals surface area contributed by atoms with Crippen LogP contribution in [0.1, 0.15) is 60.3 Å². The highest BCUT2D eigenvalue weighted by Crippen LogP contribution is 2.47. The highest BCUT2D eigenvalue weighted by molar-refractivity contribution is 7.00. The van der Waals surface area contributed by atoms with Gasteiger partial charge in [-0.3, -0.25) is 0 Å². The van der Waals surface area contributed by atoms with Gasteiger partial charge in [-0.05, 0) is 110 Å². The number of nitrogens with zero attached hydrogens (tertiary/aromatic N) is 2. The largest absolute Gasteiger partial charge is 0.311 e. The van der Waals surface area contributed by atoms with Gasteiger partial charge in [0.05, 0.1) is 0 Å². The highest BCUT2D eigenvalue weighted by atomic mass is 15.2. The second-order valence-electron chi connectivity index (χ2n) is 12.7. The number of aryl methyl sites for hydroxylation is 3. The van der Waals surface area contributed by atoms with Crippen molar-refractivity contribution in [2.75, 3.05) is 9.80 Å². The predicted octanol–water partition coefficient (Wildman–Crippen LogP) is 8.74. The molecule has 1 fully saturated rings. The molecule has 1 saturated carbocycles. The van der Waals surface area contributed by atoms with Crippen LogP contribution >= 0.6 is 0 Å². The van der Waals surface area contributed by atoms with E-state index in [0.717, 1.165) is 0 Å². The minimum absolute atomic E-state index is 0.184. The fourth-order valence-corrected chi connectivity index (χ4v) is 7.81. The molecule has 3 aliphatic rings. The van der Waals surface area contributed by atoms with Crippen molar-refractivity contribution in [2.24, 2.45) is 0 Å². The van der Waals surface area contributed by atoms with Gasteiger partial charge in [-0.15, -0.1) is 0 Å². The molecule has 0 spiro atoms. The average Bonchev–Trinajstić information content (AvgIpc) is 3.02. The van der Waals surface area contributed by atoms with E-state index in [1.807, 2.05) is 0 Å². The summed E-state index contributed by atoms with van der Waals surface area (Å²) in [5.74, 6) is 0.605. The molecule has 3 heteroatoms. The van der Waals surface area contributed by atoms with Gasteiger partial charge in [-0.2, -0.15) is 0 Å². The monoisotopic (exact) mass is 544 g/mol. The molecule has 1 aliphatic carbocycles. The SMILES string of the molecule is Cc1ccc(N2c3ccccc3B3c4cc(C)ccc4N(c4ccccc4C)c4cc(C5CCCCC5)cc2c43)cc1. The van der Waals surface area contributed by atoms with Crippen molar-refractivity contribution >= 4 is 57.2 Å². The average molecular weight is 545 g/mol. The molecule has 0 unspecified atom stereocenters. The summed E-state index contributed by atoms with van der Waals surface area (Å²) in [5, 5.41) is 0. The Balaban J connectivity index is 1.48. The molecule has 0 bridgehead atoms. The van der Waals surface area contributed by atoms with Gasteiger partial charge >= 0.3 is 0 Å². The zero-order valence-corrected chi connectivity index (χ0v) is 24.9. The first-order chi connectivity index (χ1) is 20.6. The third kappa shape index (κ3) is 3.94. The van der Waals surface area contributed by atoms with Gasteiger partial charge < -0.3 is 9.80 Å². The molecule has 0 N–H and O–H groups in total. The standard InChI is InChI=1S/C39H37BN2/c1-26-17-20-31(21-18-26)41-35-16-10-8-14-32(35)40-33-23-27(2)19-22-36(33)42(34-15-9-7-11-28(34)3)38-25-30(24-37(41)39(38)40)29-12-5-4-6-13-29/h7-11,14-25,29H,4-6,12-13H2,1-3H3. The molecule has 0 atom stereocenters. The lowest BCUT2D eigenvalue weighted by Gasteiger charge is -2.45. The third-order valence-corrected chi connectivity index (χ3v) is 9.88. The molecule has 5 aromatic carbocycles. The van der Waals surface area contributed by atoms with E-state index in [4.69, 9.17) is 0 Å². The maximum absolute atomic E-state index is 2.58. The Morgan fingerprint density at radius 1 is 0.548 bits per heavy atom. The van der Waals surface area contributed by atoms with E-state index in [2.05, 4.69) is 134 Å². The van der Waals surface area contributed by atoms with Crippen LogP contribution in [-0.2, 0) is 0 Å². The molecule has 2 aliphatic heterocycles. The summed E-state index contributed by atoms with van der Waals surface area (Å²) in [7, 11) is 0. The van der Waals surface area contributed by atoms with Crippen LogP contribution in [0.5, 0.6) is 0 Å². The summed E-state index contributed by atoms with van der Waals surface area (Å²) in [6.45, 7) is 6.84. The Labute approximate surface area is 250 Å². The smallest absolute Gasteiger partial charge is 0.252 e. The van der Waals surface area contributed by atoms with Crippen molar-refractivity contribution in [2.45, 2.75) is 58.8 Å². The molecule has 8 rings (SSSR count). The minimum atomic E-state index is 0.184. The molecule has 0 amide bonds. The summed E-state index contributed by atoms with van der Waals surface area (Å²) < 4.78 is 0. The van der Waals surface area contributed by atoms with Crippen LogP contribution in [0.15, 0.2) is 103 Å². The first-order valence-electron chi connectivity index (χ1n) is 15.7. The first-order valence-corrected chi connectivity index (χ1v) is 15.7. The van der Waals surface area contributed by atoms with E-state index in [1.54, 1.807) is 0 Å². The van der Waals surface area contributed by atoms with Gasteiger partial charge in [-0.1, -0.05) is 91.1 Å². The number of hydrogen-bond acceptors (Lipinski definition) is 2. The lowest BCUT2D eigenvalue weighted by Crippen LogP contribution is -2.61. The lowest BCUT2D eigenvalue weighted by atomic mass is 9.33. The number of para-hydroxylation sites is 2. The molecule has 0 aromatic heterocycles. The molecule has 2 heterocycles. The second-order valence-corrected chi connectivity index (χ2v) is 12.7. The van der Waals surface area contributed by atoms with Crippen LogP contribution in [0.4, 0.5) is 34.1 Å². The second kappa shape index (κ2) is 9.95. The Hall–Kier alpha value is -4.24. The van der Waals surface area contributed by atoms with Crippen LogP contribution < -0.4 is 26.2 Å². The van der Waals surface area contributed by atoms with E-state index in [0.29, 0.717) is 5.92 Å². The summed E-state index contributed by atoms with van der Waals surface area (Å²) in [6, 6.07) is 39.3. The topological polar surface area (TPSA) is 6.48 Å². The fourth-order valence-electron chi connectivity index (χ4n) is 7.81. The molecule has 0 radical (unpaired) electrons. The number of anilines is 6. The first kappa shape index (κ1) is 25.5. The van der Waals surface area contributed by atoms with Crippen LogP contribution in [0, 0.1) is 20.8 Å². The van der Waals surface area contributed by atoms with Gasteiger partial charge in [0.1, 0.15) is 0 Å². The lowest BCUT2D eigenvalue weighted by molar-refractivity contribution is 0.444. The van der Waals surface area contributed by atoms with Crippen LogP contribution in [0.25, 0.3) is 0 Å². The van der Waals surface area contributed by atoms with Gasteiger partial charge in [-0.25, -0.2) is 0 Å². The van der Waals surface area contributed by atoms with Gasteiger partial charge in [0.25, 0.3) is 6.71 Å². The number of rotatable bonds is 3. The van der Waals surface area contributed by atoms with Crippen molar-refractivity contribution < 1.29 is 0 Å². The van der Waals surface area contributed by atoms with Crippen molar-refractivity contribution in [3.8, 4) is 0 Å². The zero-order valence-electron chi connectivity index (χ0n) is 24.9. The van der Waals surface area contributed by atoms with E-state index in [-0.39, 0.29) is 6.71 Å². The Bertz CT molecular complexity index is 1820. The summed E-state index contributed by atoms with van der Waals surface area (Å²) in [6.07, 6.45) is 6.58. The summed E-state index contributed by atoms with van der Waals surface area (Å²) in [4.78, 5) is 5.13. The van der Waals surface area contributed by atoms with E-state index in [9.17, 15) is 0 Å². The van der Waals surface area contributed by atoms with E-state index < -0.39 is 0 Å². The molecular formula is C39H37BN2. The van der Waals surface area contributed by atoms with E-state index >= 15 is 0 Å². The molecular weight excluding hydrogens is 507 g/mol. The van der Waals surface area contributed by atoms with Crippen LogP contribution in [-0.4, -0.2) is 6.71 Å². The zero-order chi connectivity index (χ0) is 28.4. The maximum atomic E-state index is 2.58. The molecule has 42 heavy (non-hydrogen) atoms. The van der Waals surface area contributed by atoms with Crippen molar-refractivity contribution in [3.63, 3.8) is 0 Å². The number of benzene rings is 5. The Kier molecular flexibility index (Phi) is 6.03. The number of hydrogen-bond donors (Lipinski definition) is 0. The Morgan fingerprint density at radius 3 is 1.95 bits per heavy atom. The van der Waals surface area contributed by atoms with Crippen LogP contribution in [0.2, 0.25) is 0 Å². The van der Waals surface area contributed by atoms with Gasteiger partial charge in [0.2, 0.25) is 0 Å². The predicted molar refractivity (Wildman–Crippen MR) is 181 cm³/mol. The Morgan fingerprint density at radius 2 is 1.19 bits per heavy atom. The van der Waals surface area contributed by atoms with Crippen molar-refractivity contribution in [3.05, 3.63) is 125 Å². The molecule has 5 aromatic rings.